The van der Waals surface area contributed by atoms with E-state index < -0.39 is 8.07 Å². The van der Waals surface area contributed by atoms with E-state index >= 15 is 0 Å². The maximum Gasteiger partial charge on any atom is 0.0517 e. The molecule has 0 saturated heterocycles. The molecule has 1 unspecified atom stereocenters. The fourth-order valence-electron chi connectivity index (χ4n) is 1.36. The van der Waals surface area contributed by atoms with Gasteiger partial charge in [-0.05, 0) is 18.0 Å². The highest BCUT2D eigenvalue weighted by molar-refractivity contribution is 6.77. The van der Waals surface area contributed by atoms with Gasteiger partial charge in [0, 0.05) is 0 Å². The van der Waals surface area contributed by atoms with Crippen molar-refractivity contribution in [1.82, 2.24) is 0 Å². The van der Waals surface area contributed by atoms with Crippen LogP contribution in [0.4, 0.5) is 0 Å². The van der Waals surface area contributed by atoms with E-state index in [1.54, 1.807) is 0 Å². The molecule has 0 heterocycles. The van der Waals surface area contributed by atoms with Crippen LogP contribution in [0.1, 0.15) is 23.6 Å². The number of rotatable bonds is 2. The molecule has 1 aromatic carbocycles. The van der Waals surface area contributed by atoms with Crippen LogP contribution in [0.2, 0.25) is 19.6 Å². The molecule has 0 saturated carbocycles. The van der Waals surface area contributed by atoms with Crippen LogP contribution in [-0.2, 0) is 0 Å². The summed E-state index contributed by atoms with van der Waals surface area (Å²) in [6.45, 7) is 11.8. The van der Waals surface area contributed by atoms with Crippen LogP contribution < -0.4 is 0 Å². The molecule has 0 N–H and O–H groups in total. The second kappa shape index (κ2) is 3.67. The Balaban J connectivity index is 2.90. The first-order valence-corrected chi connectivity index (χ1v) is 8.55. The van der Waals surface area contributed by atoms with Crippen LogP contribution in [0.15, 0.2) is 24.3 Å². The highest BCUT2D eigenvalue weighted by Gasteiger charge is 2.23. The van der Waals surface area contributed by atoms with Gasteiger partial charge in [-0.3, -0.25) is 0 Å². The van der Waals surface area contributed by atoms with Gasteiger partial charge in [-0.25, -0.2) is 0 Å². The van der Waals surface area contributed by atoms with Crippen LogP contribution in [0.3, 0.4) is 0 Å². The van der Waals surface area contributed by atoms with E-state index in [-0.39, 0.29) is 0 Å². The molecule has 0 radical (unpaired) electrons. The second-order valence-electron chi connectivity index (χ2n) is 5.00. The Morgan fingerprint density at radius 1 is 1.00 bits per heavy atom. The number of benzene rings is 1. The molecule has 1 rings (SSSR count). The fourth-order valence-corrected chi connectivity index (χ4v) is 2.55. The van der Waals surface area contributed by atoms with E-state index in [9.17, 15) is 0 Å². The maximum atomic E-state index is 2.43. The molecule has 1 atom stereocenters. The van der Waals surface area contributed by atoms with Crippen molar-refractivity contribution in [2.45, 2.75) is 39.0 Å². The van der Waals surface area contributed by atoms with Crippen LogP contribution in [0.5, 0.6) is 0 Å². The van der Waals surface area contributed by atoms with Gasteiger partial charge in [-0.1, -0.05) is 56.4 Å². The van der Waals surface area contributed by atoms with E-state index in [1.165, 1.54) is 11.1 Å². The summed E-state index contributed by atoms with van der Waals surface area (Å²) in [5.41, 5.74) is 3.62. The Bertz CT molecular complexity index is 266. The second-order valence-corrected chi connectivity index (χ2v) is 10.6. The lowest BCUT2D eigenvalue weighted by molar-refractivity contribution is 1.02. The molecule has 0 nitrogen and oxygen atoms in total. The Morgan fingerprint density at radius 2 is 1.46 bits per heavy atom. The first-order valence-electron chi connectivity index (χ1n) is 4.98. The van der Waals surface area contributed by atoms with E-state index in [2.05, 4.69) is 57.8 Å². The van der Waals surface area contributed by atoms with Gasteiger partial charge in [0.15, 0.2) is 0 Å². The van der Waals surface area contributed by atoms with Gasteiger partial charge in [0.1, 0.15) is 0 Å². The molecule has 0 bridgehead atoms. The molecule has 0 aliphatic carbocycles. The molecular weight excluding hydrogens is 172 g/mol. The number of aryl methyl sites for hydroxylation is 1. The topological polar surface area (TPSA) is 0 Å². The minimum atomic E-state index is -1.02. The molecule has 72 valence electrons. The number of hydrogen-bond acceptors (Lipinski definition) is 0. The smallest absolute Gasteiger partial charge is 0.0517 e. The zero-order chi connectivity index (χ0) is 10.1. The zero-order valence-corrected chi connectivity index (χ0v) is 10.4. The Morgan fingerprint density at radius 3 is 1.85 bits per heavy atom. The van der Waals surface area contributed by atoms with Crippen LogP contribution in [0, 0.1) is 6.92 Å². The van der Waals surface area contributed by atoms with Crippen molar-refractivity contribution in [3.63, 3.8) is 0 Å². The molecule has 1 aromatic rings. The van der Waals surface area contributed by atoms with Crippen molar-refractivity contribution in [2.24, 2.45) is 0 Å². The Hall–Kier alpha value is -0.563. The molecule has 0 aliphatic rings. The quantitative estimate of drug-likeness (QED) is 0.622. The maximum absolute atomic E-state index is 2.43. The predicted molar refractivity (Wildman–Crippen MR) is 62.9 cm³/mol. The van der Waals surface area contributed by atoms with Crippen molar-refractivity contribution < 1.29 is 0 Å². The lowest BCUT2D eigenvalue weighted by atomic mass is 10.1. The van der Waals surface area contributed by atoms with Crippen LogP contribution in [0.25, 0.3) is 0 Å². The predicted octanol–water partition coefficient (Wildman–Crippen LogP) is 3.98. The summed E-state index contributed by atoms with van der Waals surface area (Å²) < 4.78 is 0. The molecule has 1 heteroatoms. The van der Waals surface area contributed by atoms with Gasteiger partial charge in [0.05, 0.1) is 8.07 Å². The summed E-state index contributed by atoms with van der Waals surface area (Å²) in [6.07, 6.45) is 0. The summed E-state index contributed by atoms with van der Waals surface area (Å²) in [4.78, 5) is 0. The zero-order valence-electron chi connectivity index (χ0n) is 9.39. The summed E-state index contributed by atoms with van der Waals surface area (Å²) in [7, 11) is -1.02. The van der Waals surface area contributed by atoms with E-state index in [0.29, 0.717) is 0 Å². The summed E-state index contributed by atoms with van der Waals surface area (Å²) in [6, 6.07) is 8.98. The summed E-state index contributed by atoms with van der Waals surface area (Å²) >= 11 is 0. The van der Waals surface area contributed by atoms with Crippen molar-refractivity contribution in [3.8, 4) is 0 Å². The molecule has 0 spiro atoms. The largest absolute Gasteiger partial charge is 0.0691 e. The molecule has 0 aromatic heterocycles. The Labute approximate surface area is 83.0 Å². The lowest BCUT2D eigenvalue weighted by Gasteiger charge is -2.25. The van der Waals surface area contributed by atoms with Crippen molar-refractivity contribution in [3.05, 3.63) is 35.4 Å². The first-order chi connectivity index (χ1) is 5.91. The van der Waals surface area contributed by atoms with Crippen molar-refractivity contribution >= 4 is 8.07 Å². The van der Waals surface area contributed by atoms with E-state index in [1.807, 2.05) is 0 Å². The molecule has 0 amide bonds. The molecular formula is C12H20Si. The van der Waals surface area contributed by atoms with Crippen molar-refractivity contribution in [2.75, 3.05) is 0 Å². The van der Waals surface area contributed by atoms with Crippen LogP contribution >= 0.6 is 0 Å². The third-order valence-corrected chi connectivity index (χ3v) is 5.81. The SMILES string of the molecule is Cc1ccc(C(C)[Si](C)(C)C)cc1. The van der Waals surface area contributed by atoms with E-state index in [0.717, 1.165) is 5.54 Å². The van der Waals surface area contributed by atoms with Gasteiger partial charge >= 0.3 is 0 Å². The molecule has 0 fully saturated rings. The normalized spacial score (nSPS) is 14.2. The van der Waals surface area contributed by atoms with Gasteiger partial charge in [0.25, 0.3) is 0 Å². The standard InChI is InChI=1S/C12H20Si/c1-10-6-8-12(9-7-10)11(2)13(3,4)5/h6-9,11H,1-5H3. The Kier molecular flexibility index (Phi) is 2.97. The average Bonchev–Trinajstić information content (AvgIpc) is 2.03. The monoisotopic (exact) mass is 192 g/mol. The van der Waals surface area contributed by atoms with Gasteiger partial charge < -0.3 is 0 Å². The van der Waals surface area contributed by atoms with E-state index in [4.69, 9.17) is 0 Å². The average molecular weight is 192 g/mol. The minimum Gasteiger partial charge on any atom is -0.0691 e. The van der Waals surface area contributed by atoms with Crippen molar-refractivity contribution in [1.29, 1.82) is 0 Å². The number of hydrogen-bond donors (Lipinski definition) is 0. The molecule has 0 aliphatic heterocycles. The minimum absolute atomic E-state index is 0.757. The molecule has 13 heavy (non-hydrogen) atoms. The van der Waals surface area contributed by atoms with Gasteiger partial charge in [0.2, 0.25) is 0 Å². The van der Waals surface area contributed by atoms with Gasteiger partial charge in [-0.2, -0.15) is 0 Å². The fraction of sp³-hybridized carbons (Fsp3) is 0.500. The third-order valence-electron chi connectivity index (χ3n) is 2.88. The highest BCUT2D eigenvalue weighted by atomic mass is 28.3. The first kappa shape index (κ1) is 10.5. The summed E-state index contributed by atoms with van der Waals surface area (Å²) in [5, 5.41) is 0. The lowest BCUT2D eigenvalue weighted by Crippen LogP contribution is -2.28. The van der Waals surface area contributed by atoms with Crippen LogP contribution in [-0.4, -0.2) is 8.07 Å². The summed E-state index contributed by atoms with van der Waals surface area (Å²) in [5.74, 6) is 0. The van der Waals surface area contributed by atoms with Gasteiger partial charge in [-0.15, -0.1) is 0 Å². The third kappa shape index (κ3) is 2.70. The highest BCUT2D eigenvalue weighted by Crippen LogP contribution is 2.26.